The summed E-state index contributed by atoms with van der Waals surface area (Å²) in [4.78, 5) is 99.1. The van der Waals surface area contributed by atoms with Crippen molar-refractivity contribution >= 4 is 81.4 Å². The van der Waals surface area contributed by atoms with E-state index in [9.17, 15) is 38.4 Å². The quantitative estimate of drug-likeness (QED) is 0.0616. The van der Waals surface area contributed by atoms with Crippen LogP contribution in [0.15, 0.2) is 70.9 Å². The summed E-state index contributed by atoms with van der Waals surface area (Å²) in [6, 6.07) is 13.1. The third-order valence-electron chi connectivity index (χ3n) is 6.77. The fourth-order valence-electron chi connectivity index (χ4n) is 4.17. The van der Waals surface area contributed by atoms with Crippen molar-refractivity contribution in [1.29, 1.82) is 0 Å². The number of Topliss-reactive ketones (excluding diaryl/α,β-unsaturated/α-hetero) is 2. The van der Waals surface area contributed by atoms with Crippen LogP contribution in [0.5, 0.6) is 0 Å². The number of nitrogens with one attached hydrogen (secondary N) is 4. The maximum Gasteiger partial charge on any atom is 0.340 e. The van der Waals surface area contributed by atoms with Crippen molar-refractivity contribution in [1.82, 2.24) is 0 Å². The normalized spacial score (nSPS) is 11.0. The molecule has 0 aliphatic carbocycles. The molecule has 0 heterocycles. The van der Waals surface area contributed by atoms with E-state index in [2.05, 4.69) is 41.2 Å². The third kappa shape index (κ3) is 9.91. The minimum atomic E-state index is -0.944. The first-order valence-electron chi connectivity index (χ1n) is 14.8. The molecule has 0 atom stereocenters. The van der Waals surface area contributed by atoms with Gasteiger partial charge in [-0.3, -0.25) is 30.0 Å². The Morgan fingerprint density at radius 1 is 0.481 bits per heavy atom. The summed E-state index contributed by atoms with van der Waals surface area (Å²) in [6.07, 6.45) is 0. The van der Waals surface area contributed by atoms with Gasteiger partial charge in [-0.05, 0) is 60.7 Å². The summed E-state index contributed by atoms with van der Waals surface area (Å²) in [5.74, 6) is -6.40. The van der Waals surface area contributed by atoms with Crippen molar-refractivity contribution < 1.29 is 57.3 Å². The topological polar surface area (TPSA) is 246 Å². The number of hydrogen-bond donors (Lipinski definition) is 4. The Morgan fingerprint density at radius 2 is 0.808 bits per heavy atom. The molecule has 18 heteroatoms. The summed E-state index contributed by atoms with van der Waals surface area (Å²) in [6.45, 7) is 2.17. The molecular formula is C34H32N6O12. The van der Waals surface area contributed by atoms with E-state index >= 15 is 0 Å². The lowest BCUT2D eigenvalue weighted by Gasteiger charge is -2.12. The van der Waals surface area contributed by atoms with Crippen LogP contribution in [0.1, 0.15) is 55.3 Å². The van der Waals surface area contributed by atoms with E-state index in [1.807, 2.05) is 0 Å². The second-order valence-electron chi connectivity index (χ2n) is 10.2. The number of hydrogen-bond acceptors (Lipinski definition) is 16. The number of amides is 2. The molecule has 0 aromatic heterocycles. The van der Waals surface area contributed by atoms with Crippen molar-refractivity contribution in [3.8, 4) is 0 Å². The molecule has 0 spiro atoms. The van der Waals surface area contributed by atoms with Crippen LogP contribution in [0.4, 0.5) is 22.7 Å². The Labute approximate surface area is 295 Å². The second-order valence-corrected chi connectivity index (χ2v) is 10.2. The average Bonchev–Trinajstić information content (AvgIpc) is 3.13. The molecule has 0 fully saturated rings. The highest BCUT2D eigenvalue weighted by atomic mass is 16.5. The van der Waals surface area contributed by atoms with Crippen LogP contribution in [0.2, 0.25) is 0 Å². The van der Waals surface area contributed by atoms with Crippen LogP contribution in [-0.2, 0) is 38.1 Å². The van der Waals surface area contributed by atoms with Gasteiger partial charge in [0, 0.05) is 25.2 Å². The SMILES string of the molecule is COC(=O)c1ccc(C(=O)OC)c(N/N=C(\C(C)=O)C(=O)Nc2ccc(NC(=O)/C(=N/Nc3cc(C(=O)OC)ccc3C(=O)OC)C(C)=O)cc2)c1. The third-order valence-corrected chi connectivity index (χ3v) is 6.77. The number of rotatable bonds is 14. The number of carbonyl (C=O) groups excluding carboxylic acids is 8. The van der Waals surface area contributed by atoms with E-state index in [4.69, 9.17) is 9.47 Å². The van der Waals surface area contributed by atoms with Crippen LogP contribution >= 0.6 is 0 Å². The van der Waals surface area contributed by atoms with Crippen molar-refractivity contribution in [2.75, 3.05) is 49.9 Å². The molecule has 0 saturated heterocycles. The lowest BCUT2D eigenvalue weighted by Crippen LogP contribution is -2.30. The lowest BCUT2D eigenvalue weighted by atomic mass is 10.1. The fourth-order valence-corrected chi connectivity index (χ4v) is 4.17. The Kier molecular flexibility index (Phi) is 13.5. The number of benzene rings is 3. The van der Waals surface area contributed by atoms with Crippen molar-refractivity contribution in [2.45, 2.75) is 13.8 Å². The standard InChI is InChI=1S/C34H32N6O12/c1-17(41)27(39-37-25-15-19(31(45)49-3)7-13-23(25)33(47)51-5)29(43)35-21-9-11-22(12-10-21)36-30(44)28(18(2)42)40-38-26-16-20(32(46)50-4)8-14-24(26)34(48)52-6/h7-16,37-38H,1-6H3,(H,35,43)(H,36,44)/b39-27+,40-28+. The number of ketones is 2. The van der Waals surface area contributed by atoms with E-state index in [0.717, 1.165) is 42.3 Å². The van der Waals surface area contributed by atoms with Gasteiger partial charge in [0.2, 0.25) is 0 Å². The Balaban J connectivity index is 1.78. The number of carbonyl (C=O) groups is 8. The van der Waals surface area contributed by atoms with E-state index in [-0.39, 0.29) is 45.0 Å². The number of nitrogens with zero attached hydrogens (tertiary/aromatic N) is 2. The van der Waals surface area contributed by atoms with Crippen LogP contribution in [0, 0.1) is 0 Å². The lowest BCUT2D eigenvalue weighted by molar-refractivity contribution is -0.116. The highest BCUT2D eigenvalue weighted by Gasteiger charge is 2.22. The minimum Gasteiger partial charge on any atom is -0.465 e. The molecule has 0 radical (unpaired) electrons. The number of methoxy groups -OCH3 is 4. The maximum atomic E-state index is 13.0. The van der Waals surface area contributed by atoms with Gasteiger partial charge in [-0.25, -0.2) is 19.2 Å². The molecule has 18 nitrogen and oxygen atoms in total. The Morgan fingerprint density at radius 3 is 1.10 bits per heavy atom. The number of esters is 4. The predicted molar refractivity (Wildman–Crippen MR) is 185 cm³/mol. The van der Waals surface area contributed by atoms with E-state index in [1.54, 1.807) is 0 Å². The second kappa shape index (κ2) is 18.0. The number of hydrazone groups is 2. The zero-order valence-electron chi connectivity index (χ0n) is 28.6. The summed E-state index contributed by atoms with van der Waals surface area (Å²) in [7, 11) is 4.61. The zero-order valence-corrected chi connectivity index (χ0v) is 28.6. The molecule has 0 aliphatic heterocycles. The van der Waals surface area contributed by atoms with Crippen LogP contribution in [0.3, 0.4) is 0 Å². The molecule has 52 heavy (non-hydrogen) atoms. The highest BCUT2D eigenvalue weighted by Crippen LogP contribution is 2.22. The van der Waals surface area contributed by atoms with Crippen LogP contribution in [0.25, 0.3) is 0 Å². The average molecular weight is 717 g/mol. The van der Waals surface area contributed by atoms with Gasteiger partial charge in [0.1, 0.15) is 0 Å². The zero-order chi connectivity index (χ0) is 38.5. The van der Waals surface area contributed by atoms with Gasteiger partial charge >= 0.3 is 23.9 Å². The number of ether oxygens (including phenoxy) is 4. The maximum absolute atomic E-state index is 13.0. The molecule has 2 amide bonds. The fraction of sp³-hybridized carbons (Fsp3) is 0.176. The molecule has 270 valence electrons. The molecule has 4 N–H and O–H groups in total. The molecule has 0 bridgehead atoms. The predicted octanol–water partition coefficient (Wildman–Crippen LogP) is 2.82. The van der Waals surface area contributed by atoms with Gasteiger partial charge < -0.3 is 29.6 Å². The first kappa shape index (κ1) is 39.2. The Hall–Kier alpha value is -7.24. The first-order valence-corrected chi connectivity index (χ1v) is 14.8. The summed E-state index contributed by atoms with van der Waals surface area (Å²) < 4.78 is 18.8. The van der Waals surface area contributed by atoms with Crippen molar-refractivity contribution in [3.05, 3.63) is 82.9 Å². The minimum absolute atomic E-state index is 0.0462. The Bertz CT molecular complexity index is 1860. The van der Waals surface area contributed by atoms with E-state index in [1.165, 1.54) is 60.7 Å². The molecule has 3 rings (SSSR count). The van der Waals surface area contributed by atoms with E-state index < -0.39 is 58.7 Å². The molecule has 0 saturated carbocycles. The van der Waals surface area contributed by atoms with Crippen LogP contribution in [-0.4, -0.2) is 87.1 Å². The van der Waals surface area contributed by atoms with E-state index in [0.29, 0.717) is 0 Å². The van der Waals surface area contributed by atoms with Crippen molar-refractivity contribution in [3.63, 3.8) is 0 Å². The molecular weight excluding hydrogens is 684 g/mol. The molecule has 3 aromatic carbocycles. The monoisotopic (exact) mass is 716 g/mol. The van der Waals surface area contributed by atoms with Gasteiger partial charge in [-0.1, -0.05) is 0 Å². The van der Waals surface area contributed by atoms with Gasteiger partial charge in [-0.2, -0.15) is 10.2 Å². The molecule has 3 aromatic rings. The molecule has 0 unspecified atom stereocenters. The van der Waals surface area contributed by atoms with Crippen molar-refractivity contribution in [2.24, 2.45) is 10.2 Å². The first-order chi connectivity index (χ1) is 24.7. The smallest absolute Gasteiger partial charge is 0.340 e. The van der Waals surface area contributed by atoms with Crippen LogP contribution < -0.4 is 21.5 Å². The summed E-state index contributed by atoms with van der Waals surface area (Å²) in [5, 5.41) is 12.7. The highest BCUT2D eigenvalue weighted by molar-refractivity contribution is 6.67. The summed E-state index contributed by atoms with van der Waals surface area (Å²) >= 11 is 0. The largest absolute Gasteiger partial charge is 0.465 e. The van der Waals surface area contributed by atoms with Gasteiger partial charge in [0.25, 0.3) is 11.8 Å². The van der Waals surface area contributed by atoms with Gasteiger partial charge in [-0.15, -0.1) is 0 Å². The van der Waals surface area contributed by atoms with Gasteiger partial charge in [0.05, 0.1) is 62.1 Å². The number of anilines is 4. The molecule has 0 aliphatic rings. The van der Waals surface area contributed by atoms with Gasteiger partial charge in [0.15, 0.2) is 23.0 Å². The summed E-state index contributed by atoms with van der Waals surface area (Å²) in [5.41, 5.74) is 3.94.